The van der Waals surface area contributed by atoms with Gasteiger partial charge in [0.1, 0.15) is 6.29 Å². The third-order valence-electron chi connectivity index (χ3n) is 3.96. The van der Waals surface area contributed by atoms with Gasteiger partial charge in [0.15, 0.2) is 0 Å². The molecule has 16 heavy (non-hydrogen) atoms. The first-order valence-electron chi connectivity index (χ1n) is 5.79. The molecule has 0 aliphatic heterocycles. The van der Waals surface area contributed by atoms with Gasteiger partial charge in [-0.1, -0.05) is 17.7 Å². The summed E-state index contributed by atoms with van der Waals surface area (Å²) >= 11 is 0. The molecule has 0 heterocycles. The van der Waals surface area contributed by atoms with Gasteiger partial charge in [0, 0.05) is 5.41 Å². The Morgan fingerprint density at radius 3 is 2.94 bits per heavy atom. The van der Waals surface area contributed by atoms with Crippen LogP contribution in [-0.4, -0.2) is 18.0 Å². The molecule has 0 saturated heterocycles. The third kappa shape index (κ3) is 1.49. The zero-order valence-corrected chi connectivity index (χ0v) is 9.92. The summed E-state index contributed by atoms with van der Waals surface area (Å²) in [4.78, 5) is 10.9. The molecular weight excluding hydrogens is 200 g/mol. The Bertz CT molecular complexity index is 412. The van der Waals surface area contributed by atoms with E-state index in [-0.39, 0.29) is 12.0 Å². The van der Waals surface area contributed by atoms with Crippen LogP contribution in [0.15, 0.2) is 34.4 Å². The number of allylic oxidation sites excluding steroid dienone is 5. The lowest BCUT2D eigenvalue weighted by Crippen LogP contribution is -2.19. The van der Waals surface area contributed by atoms with E-state index in [4.69, 9.17) is 0 Å². The van der Waals surface area contributed by atoms with Crippen LogP contribution < -0.4 is 0 Å². The van der Waals surface area contributed by atoms with Crippen LogP contribution in [0.2, 0.25) is 0 Å². The molecule has 2 heteroatoms. The van der Waals surface area contributed by atoms with Crippen LogP contribution in [0.3, 0.4) is 0 Å². The highest BCUT2D eigenvalue weighted by atomic mass is 16.3. The van der Waals surface area contributed by atoms with Gasteiger partial charge in [-0.25, -0.2) is 0 Å². The number of carbonyl (C=O) groups excluding carboxylic acids is 1. The highest BCUT2D eigenvalue weighted by molar-refractivity contribution is 5.75. The maximum absolute atomic E-state index is 10.9. The standard InChI is InChI=1S/C14H18O2/c1-10(8-15)12-5-6-13-11(9-16)4-3-7-14(12,13)2/h3,7-8,16H,4-6,9H2,1-2H3/b12-10-. The van der Waals surface area contributed by atoms with Gasteiger partial charge in [0.2, 0.25) is 0 Å². The quantitative estimate of drug-likeness (QED) is 0.439. The van der Waals surface area contributed by atoms with Gasteiger partial charge in [0.25, 0.3) is 0 Å². The number of rotatable bonds is 2. The summed E-state index contributed by atoms with van der Waals surface area (Å²) in [6, 6.07) is 0. The lowest BCUT2D eigenvalue weighted by atomic mass is 9.74. The van der Waals surface area contributed by atoms with Crippen LogP contribution in [0, 0.1) is 5.41 Å². The van der Waals surface area contributed by atoms with Gasteiger partial charge in [-0.2, -0.15) is 0 Å². The fraction of sp³-hybridized carbons (Fsp3) is 0.500. The normalized spacial score (nSPS) is 31.7. The third-order valence-corrected chi connectivity index (χ3v) is 3.96. The van der Waals surface area contributed by atoms with Crippen molar-refractivity contribution in [2.75, 3.05) is 6.61 Å². The van der Waals surface area contributed by atoms with Crippen LogP contribution in [0.4, 0.5) is 0 Å². The number of hydrogen-bond donors (Lipinski definition) is 1. The molecule has 86 valence electrons. The average Bonchev–Trinajstić information content (AvgIpc) is 2.64. The highest BCUT2D eigenvalue weighted by Gasteiger charge is 2.39. The second-order valence-electron chi connectivity index (χ2n) is 4.83. The highest BCUT2D eigenvalue weighted by Crippen LogP contribution is 2.52. The molecule has 1 fully saturated rings. The van der Waals surface area contributed by atoms with E-state index in [1.54, 1.807) is 0 Å². The van der Waals surface area contributed by atoms with Gasteiger partial charge in [0.05, 0.1) is 6.61 Å². The first kappa shape index (κ1) is 11.3. The van der Waals surface area contributed by atoms with Gasteiger partial charge in [-0.15, -0.1) is 0 Å². The summed E-state index contributed by atoms with van der Waals surface area (Å²) in [5.74, 6) is 0. The Morgan fingerprint density at radius 1 is 1.56 bits per heavy atom. The summed E-state index contributed by atoms with van der Waals surface area (Å²) in [6.07, 6.45) is 8.04. The summed E-state index contributed by atoms with van der Waals surface area (Å²) < 4.78 is 0. The van der Waals surface area contributed by atoms with E-state index in [1.165, 1.54) is 11.1 Å². The summed E-state index contributed by atoms with van der Waals surface area (Å²) in [7, 11) is 0. The van der Waals surface area contributed by atoms with Crippen LogP contribution in [-0.2, 0) is 4.79 Å². The first-order valence-corrected chi connectivity index (χ1v) is 5.79. The predicted octanol–water partition coefficient (Wildman–Crippen LogP) is 2.55. The van der Waals surface area contributed by atoms with Crippen molar-refractivity contribution in [2.45, 2.75) is 33.1 Å². The van der Waals surface area contributed by atoms with Gasteiger partial charge < -0.3 is 5.11 Å². The molecular formula is C14H18O2. The molecule has 0 aromatic heterocycles. The minimum absolute atomic E-state index is 0.110. The van der Waals surface area contributed by atoms with Crippen LogP contribution >= 0.6 is 0 Å². The topological polar surface area (TPSA) is 37.3 Å². The molecule has 1 N–H and O–H groups in total. The van der Waals surface area contributed by atoms with Crippen molar-refractivity contribution in [3.8, 4) is 0 Å². The zero-order valence-electron chi connectivity index (χ0n) is 9.92. The van der Waals surface area contributed by atoms with Gasteiger partial charge in [-0.05, 0) is 49.8 Å². The lowest BCUT2D eigenvalue weighted by Gasteiger charge is -2.30. The van der Waals surface area contributed by atoms with Gasteiger partial charge >= 0.3 is 0 Å². The molecule has 0 radical (unpaired) electrons. The van der Waals surface area contributed by atoms with E-state index in [2.05, 4.69) is 19.1 Å². The molecule has 0 spiro atoms. The number of aldehydes is 1. The second-order valence-corrected chi connectivity index (χ2v) is 4.83. The molecule has 2 aliphatic rings. The van der Waals surface area contributed by atoms with Crippen molar-refractivity contribution in [3.63, 3.8) is 0 Å². The number of aliphatic hydroxyl groups is 1. The van der Waals surface area contributed by atoms with E-state index < -0.39 is 0 Å². The minimum Gasteiger partial charge on any atom is -0.392 e. The minimum atomic E-state index is -0.110. The molecule has 0 aromatic rings. The van der Waals surface area contributed by atoms with E-state index in [1.807, 2.05) is 6.92 Å². The zero-order chi connectivity index (χ0) is 11.8. The summed E-state index contributed by atoms with van der Waals surface area (Å²) in [5.41, 5.74) is 4.43. The number of fused-ring (bicyclic) bond motifs is 1. The largest absolute Gasteiger partial charge is 0.392 e. The number of aliphatic hydroxyl groups excluding tert-OH is 1. The first-order chi connectivity index (χ1) is 7.63. The Labute approximate surface area is 96.4 Å². The Kier molecular flexibility index (Phi) is 2.85. The molecule has 0 bridgehead atoms. The maximum Gasteiger partial charge on any atom is 0.145 e. The van der Waals surface area contributed by atoms with Crippen LogP contribution in [0.5, 0.6) is 0 Å². The smallest absolute Gasteiger partial charge is 0.145 e. The average molecular weight is 218 g/mol. The van der Waals surface area contributed by atoms with Crippen molar-refractivity contribution in [1.82, 2.24) is 0 Å². The Morgan fingerprint density at radius 2 is 2.31 bits per heavy atom. The number of hydrogen-bond acceptors (Lipinski definition) is 2. The monoisotopic (exact) mass is 218 g/mol. The van der Waals surface area contributed by atoms with E-state index in [0.717, 1.165) is 36.7 Å². The fourth-order valence-electron chi connectivity index (χ4n) is 3.09. The molecule has 2 rings (SSSR count). The molecule has 2 aliphatic carbocycles. The Hall–Kier alpha value is -1.15. The predicted molar refractivity (Wildman–Crippen MR) is 64.0 cm³/mol. The van der Waals surface area contributed by atoms with Gasteiger partial charge in [-0.3, -0.25) is 4.79 Å². The number of carbonyl (C=O) groups is 1. The lowest BCUT2D eigenvalue weighted by molar-refractivity contribution is -0.104. The van der Waals surface area contributed by atoms with Crippen LogP contribution in [0.1, 0.15) is 33.1 Å². The molecule has 1 saturated carbocycles. The van der Waals surface area contributed by atoms with Crippen molar-refractivity contribution in [3.05, 3.63) is 34.4 Å². The summed E-state index contributed by atoms with van der Waals surface area (Å²) in [5, 5.41) is 9.36. The fourth-order valence-corrected chi connectivity index (χ4v) is 3.09. The molecule has 1 unspecified atom stereocenters. The SMILES string of the molecule is C/C(C=O)=C1\CCC2=C(CO)CC=CC21C. The molecule has 0 amide bonds. The molecule has 1 atom stereocenters. The van der Waals surface area contributed by atoms with E-state index in [0.29, 0.717) is 0 Å². The van der Waals surface area contributed by atoms with E-state index >= 15 is 0 Å². The van der Waals surface area contributed by atoms with Crippen molar-refractivity contribution in [2.24, 2.45) is 5.41 Å². The van der Waals surface area contributed by atoms with Crippen molar-refractivity contribution < 1.29 is 9.90 Å². The maximum atomic E-state index is 10.9. The second kappa shape index (κ2) is 4.02. The molecule has 2 nitrogen and oxygen atoms in total. The van der Waals surface area contributed by atoms with Crippen molar-refractivity contribution >= 4 is 6.29 Å². The summed E-state index contributed by atoms with van der Waals surface area (Å²) in [6.45, 7) is 4.18. The van der Waals surface area contributed by atoms with Crippen molar-refractivity contribution in [1.29, 1.82) is 0 Å². The van der Waals surface area contributed by atoms with Crippen LogP contribution in [0.25, 0.3) is 0 Å². The Balaban J connectivity index is 2.54. The molecule has 0 aromatic carbocycles. The van der Waals surface area contributed by atoms with E-state index in [9.17, 15) is 9.90 Å².